The summed E-state index contributed by atoms with van der Waals surface area (Å²) in [5.41, 5.74) is 0.948. The van der Waals surface area contributed by atoms with E-state index < -0.39 is 0 Å². The highest BCUT2D eigenvalue weighted by Crippen LogP contribution is 2.13. The lowest BCUT2D eigenvalue weighted by Crippen LogP contribution is -2.10. The third-order valence-electron chi connectivity index (χ3n) is 2.26. The van der Waals surface area contributed by atoms with Crippen molar-refractivity contribution in [2.45, 2.75) is 25.4 Å². The fraction of sp³-hybridized carbons (Fsp3) is 0.500. The molecule has 1 unspecified atom stereocenters. The maximum absolute atomic E-state index is 9.69. The Kier molecular flexibility index (Phi) is 3.61. The zero-order valence-corrected chi connectivity index (χ0v) is 9.84. The zero-order valence-electron chi connectivity index (χ0n) is 8.27. The number of imidazole rings is 1. The second-order valence-corrected chi connectivity index (χ2v) is 4.77. The Balaban J connectivity index is 1.96. The van der Waals surface area contributed by atoms with Gasteiger partial charge in [0.1, 0.15) is 0 Å². The van der Waals surface area contributed by atoms with Crippen molar-refractivity contribution in [3.63, 3.8) is 0 Å². The van der Waals surface area contributed by atoms with Crippen LogP contribution in [0.5, 0.6) is 0 Å². The fourth-order valence-electron chi connectivity index (χ4n) is 1.53. The molecule has 0 radical (unpaired) electrons. The molecule has 0 aliphatic carbocycles. The predicted molar refractivity (Wildman–Crippen MR) is 62.7 cm³/mol. The minimum Gasteiger partial charge on any atom is -0.393 e. The van der Waals surface area contributed by atoms with Gasteiger partial charge in [0.05, 0.1) is 11.8 Å². The van der Waals surface area contributed by atoms with E-state index in [2.05, 4.69) is 4.98 Å². The molecule has 0 saturated carbocycles. The van der Waals surface area contributed by atoms with Crippen LogP contribution < -0.4 is 0 Å². The molecule has 0 aromatic carbocycles. The summed E-state index contributed by atoms with van der Waals surface area (Å²) in [5, 5.41) is 11.7. The van der Waals surface area contributed by atoms with Crippen LogP contribution >= 0.6 is 22.9 Å². The number of nitrogens with zero attached hydrogens (tertiary/aromatic N) is 2. The lowest BCUT2D eigenvalue weighted by Gasteiger charge is -2.06. The van der Waals surface area contributed by atoms with E-state index in [4.69, 9.17) is 11.6 Å². The molecule has 15 heavy (non-hydrogen) atoms. The summed E-state index contributed by atoms with van der Waals surface area (Å²) in [6.07, 6.45) is 5.83. The number of rotatable bonds is 5. The van der Waals surface area contributed by atoms with Crippen molar-refractivity contribution in [1.82, 2.24) is 9.38 Å². The molecule has 2 heterocycles. The van der Waals surface area contributed by atoms with E-state index in [-0.39, 0.29) is 6.10 Å². The largest absolute Gasteiger partial charge is 0.393 e. The number of alkyl halides is 1. The fourth-order valence-corrected chi connectivity index (χ4v) is 2.40. The summed E-state index contributed by atoms with van der Waals surface area (Å²) in [4.78, 5) is 5.39. The van der Waals surface area contributed by atoms with E-state index in [1.54, 1.807) is 11.3 Å². The Bertz CT molecular complexity index is 397. The average molecular weight is 245 g/mol. The van der Waals surface area contributed by atoms with Crippen LogP contribution in [0.4, 0.5) is 0 Å². The number of fused-ring (bicyclic) bond motifs is 1. The highest BCUT2D eigenvalue weighted by Gasteiger charge is 2.08. The Hall–Kier alpha value is -0.580. The highest BCUT2D eigenvalue weighted by atomic mass is 35.5. The van der Waals surface area contributed by atoms with Gasteiger partial charge in [0.2, 0.25) is 0 Å². The molecule has 0 aliphatic heterocycles. The monoisotopic (exact) mass is 244 g/mol. The maximum Gasteiger partial charge on any atom is 0.193 e. The quantitative estimate of drug-likeness (QED) is 0.820. The molecule has 2 aromatic rings. The predicted octanol–water partition coefficient (Wildman–Crippen LogP) is 2.32. The van der Waals surface area contributed by atoms with Crippen LogP contribution in [0.25, 0.3) is 4.96 Å². The Morgan fingerprint density at radius 1 is 1.60 bits per heavy atom. The molecule has 5 heteroatoms. The van der Waals surface area contributed by atoms with Gasteiger partial charge in [0.15, 0.2) is 4.96 Å². The molecule has 0 spiro atoms. The van der Waals surface area contributed by atoms with Gasteiger partial charge in [-0.15, -0.1) is 22.9 Å². The molecule has 2 aromatic heterocycles. The van der Waals surface area contributed by atoms with Crippen molar-refractivity contribution in [3.05, 3.63) is 23.5 Å². The summed E-state index contributed by atoms with van der Waals surface area (Å²) in [7, 11) is 0. The van der Waals surface area contributed by atoms with Gasteiger partial charge >= 0.3 is 0 Å². The Morgan fingerprint density at radius 3 is 3.20 bits per heavy atom. The summed E-state index contributed by atoms with van der Waals surface area (Å²) in [6.45, 7) is 0. The van der Waals surface area contributed by atoms with Gasteiger partial charge in [0, 0.05) is 30.1 Å². The topological polar surface area (TPSA) is 37.5 Å². The highest BCUT2D eigenvalue weighted by molar-refractivity contribution is 7.15. The minimum atomic E-state index is -0.326. The summed E-state index contributed by atoms with van der Waals surface area (Å²) >= 11 is 7.17. The maximum atomic E-state index is 9.69. The van der Waals surface area contributed by atoms with Crippen LogP contribution in [0.3, 0.4) is 0 Å². The third kappa shape index (κ3) is 2.71. The van der Waals surface area contributed by atoms with Crippen molar-refractivity contribution in [3.8, 4) is 0 Å². The van der Waals surface area contributed by atoms with Gasteiger partial charge < -0.3 is 5.11 Å². The number of hydrogen-bond acceptors (Lipinski definition) is 3. The van der Waals surface area contributed by atoms with E-state index in [0.717, 1.165) is 23.5 Å². The average Bonchev–Trinajstić information content (AvgIpc) is 2.74. The van der Waals surface area contributed by atoms with Crippen LogP contribution in [0.1, 0.15) is 18.5 Å². The van der Waals surface area contributed by atoms with Gasteiger partial charge in [-0.2, -0.15) is 0 Å². The van der Waals surface area contributed by atoms with Gasteiger partial charge in [-0.3, -0.25) is 4.40 Å². The number of aliphatic hydroxyl groups is 1. The number of aromatic nitrogens is 2. The van der Waals surface area contributed by atoms with Crippen LogP contribution in [0, 0.1) is 0 Å². The first-order valence-corrected chi connectivity index (χ1v) is 6.36. The van der Waals surface area contributed by atoms with Crippen molar-refractivity contribution in [2.75, 3.05) is 5.88 Å². The molecule has 82 valence electrons. The first-order chi connectivity index (χ1) is 7.29. The van der Waals surface area contributed by atoms with Crippen LogP contribution in [-0.2, 0) is 6.42 Å². The summed E-state index contributed by atoms with van der Waals surface area (Å²) in [5.74, 6) is 0.606. The second-order valence-electron chi connectivity index (χ2n) is 3.51. The van der Waals surface area contributed by atoms with Crippen molar-refractivity contribution < 1.29 is 5.11 Å². The molecule has 3 nitrogen and oxygen atoms in total. The molecular weight excluding hydrogens is 232 g/mol. The number of halogens is 1. The molecule has 0 bridgehead atoms. The molecule has 1 atom stereocenters. The van der Waals surface area contributed by atoms with Gasteiger partial charge in [-0.25, -0.2) is 4.98 Å². The first kappa shape index (κ1) is 10.9. The summed E-state index contributed by atoms with van der Waals surface area (Å²) in [6, 6.07) is 0. The lowest BCUT2D eigenvalue weighted by atomic mass is 10.1. The van der Waals surface area contributed by atoms with E-state index in [0.29, 0.717) is 12.3 Å². The Morgan fingerprint density at radius 2 is 2.47 bits per heavy atom. The molecular formula is C10H13ClN2OS. The van der Waals surface area contributed by atoms with Crippen molar-refractivity contribution in [2.24, 2.45) is 0 Å². The zero-order chi connectivity index (χ0) is 10.7. The molecule has 1 N–H and O–H groups in total. The van der Waals surface area contributed by atoms with Crippen molar-refractivity contribution >= 4 is 27.9 Å². The molecule has 0 aliphatic rings. The normalized spacial score (nSPS) is 13.5. The lowest BCUT2D eigenvalue weighted by molar-refractivity contribution is 0.163. The van der Waals surface area contributed by atoms with E-state index in [1.165, 1.54) is 0 Å². The third-order valence-corrected chi connectivity index (χ3v) is 3.30. The number of thiazole rings is 1. The smallest absolute Gasteiger partial charge is 0.193 e. The standard InChI is InChI=1S/C10H13ClN2OS/c11-3-1-2-9(14)6-8-7-13-4-5-15-10(13)12-8/h4-5,7,9,14H,1-3,6H2. The van der Waals surface area contributed by atoms with Gasteiger partial charge in [0.25, 0.3) is 0 Å². The van der Waals surface area contributed by atoms with Crippen LogP contribution in [0.2, 0.25) is 0 Å². The molecule has 0 amide bonds. The van der Waals surface area contributed by atoms with Crippen LogP contribution in [-0.4, -0.2) is 26.5 Å². The van der Waals surface area contributed by atoms with Gasteiger partial charge in [-0.05, 0) is 12.8 Å². The first-order valence-electron chi connectivity index (χ1n) is 4.94. The van der Waals surface area contributed by atoms with E-state index in [1.807, 2.05) is 22.2 Å². The minimum absolute atomic E-state index is 0.326. The molecule has 2 rings (SSSR count). The molecule has 0 saturated heterocycles. The molecule has 0 fully saturated rings. The van der Waals surface area contributed by atoms with E-state index >= 15 is 0 Å². The van der Waals surface area contributed by atoms with Gasteiger partial charge in [-0.1, -0.05) is 0 Å². The second kappa shape index (κ2) is 4.96. The van der Waals surface area contributed by atoms with Crippen LogP contribution in [0.15, 0.2) is 17.8 Å². The van der Waals surface area contributed by atoms with Crippen molar-refractivity contribution in [1.29, 1.82) is 0 Å². The number of aliphatic hydroxyl groups excluding tert-OH is 1. The summed E-state index contributed by atoms with van der Waals surface area (Å²) < 4.78 is 1.98. The van der Waals surface area contributed by atoms with E-state index in [9.17, 15) is 5.11 Å². The number of hydrogen-bond donors (Lipinski definition) is 1. The SMILES string of the molecule is OC(CCCCl)Cc1cn2ccsc2n1. The Labute approximate surface area is 97.3 Å².